The van der Waals surface area contributed by atoms with Crippen LogP contribution in [0, 0.1) is 0 Å². The van der Waals surface area contributed by atoms with Gasteiger partial charge in [-0.1, -0.05) is 6.92 Å². The van der Waals surface area contributed by atoms with Crippen LogP contribution in [0.2, 0.25) is 0 Å². The molecule has 5 nitrogen and oxygen atoms in total. The largest absolute Gasteiger partial charge is 0.507 e. The van der Waals surface area contributed by atoms with Crippen molar-refractivity contribution in [1.82, 2.24) is 10.2 Å². The van der Waals surface area contributed by atoms with Gasteiger partial charge in [-0.05, 0) is 40.5 Å². The molecule has 0 atom stereocenters. The minimum atomic E-state index is -0.295. The summed E-state index contributed by atoms with van der Waals surface area (Å²) in [5, 5.41) is 18.9. The number of anilines is 1. The van der Waals surface area contributed by atoms with E-state index < -0.39 is 0 Å². The second-order valence-electron chi connectivity index (χ2n) is 3.74. The lowest BCUT2D eigenvalue weighted by Crippen LogP contribution is -2.13. The molecule has 0 aliphatic heterocycles. The molecule has 0 saturated heterocycles. The number of aromatic nitrogens is 2. The fourth-order valence-electron chi connectivity index (χ4n) is 1.53. The first-order valence-corrected chi connectivity index (χ1v) is 6.23. The molecule has 0 spiro atoms. The van der Waals surface area contributed by atoms with Crippen molar-refractivity contribution in [3.63, 3.8) is 0 Å². The van der Waals surface area contributed by atoms with E-state index >= 15 is 0 Å². The minimum absolute atomic E-state index is 0.0305. The number of aryl methyl sites for hydroxylation is 1. The number of H-pyrrole nitrogens is 1. The lowest BCUT2D eigenvalue weighted by Gasteiger charge is -2.05. The monoisotopic (exact) mass is 309 g/mol. The first kappa shape index (κ1) is 12.6. The number of benzene rings is 1. The van der Waals surface area contributed by atoms with Crippen molar-refractivity contribution in [2.75, 3.05) is 5.32 Å². The number of halogens is 1. The molecule has 0 bridgehead atoms. The average molecular weight is 310 g/mol. The fourth-order valence-corrected chi connectivity index (χ4v) is 1.77. The second kappa shape index (κ2) is 5.22. The molecule has 0 fully saturated rings. The van der Waals surface area contributed by atoms with Crippen LogP contribution in [0.15, 0.2) is 28.9 Å². The van der Waals surface area contributed by atoms with Crippen LogP contribution >= 0.6 is 15.9 Å². The summed E-state index contributed by atoms with van der Waals surface area (Å²) in [4.78, 5) is 12.0. The zero-order valence-corrected chi connectivity index (χ0v) is 11.3. The molecule has 1 heterocycles. The second-order valence-corrected chi connectivity index (χ2v) is 4.60. The summed E-state index contributed by atoms with van der Waals surface area (Å²) in [6, 6.07) is 4.65. The van der Waals surface area contributed by atoms with Gasteiger partial charge in [-0.25, -0.2) is 0 Å². The van der Waals surface area contributed by atoms with E-state index in [0.717, 1.165) is 12.0 Å². The lowest BCUT2D eigenvalue weighted by atomic mass is 10.2. The SMILES string of the molecule is CCc1cn[nH]c1NC(=O)c1ccc(Br)c(O)c1. The van der Waals surface area contributed by atoms with E-state index in [1.165, 1.54) is 6.07 Å². The molecule has 1 aromatic carbocycles. The van der Waals surface area contributed by atoms with E-state index in [4.69, 9.17) is 0 Å². The standard InChI is InChI=1S/C12H12BrN3O2/c1-2-7-6-14-16-11(7)15-12(18)8-3-4-9(13)10(17)5-8/h3-6,17H,2H2,1H3,(H2,14,15,16,18). The number of nitrogens with one attached hydrogen (secondary N) is 2. The molecular formula is C12H12BrN3O2. The van der Waals surface area contributed by atoms with Crippen molar-refractivity contribution in [2.24, 2.45) is 0 Å². The summed E-state index contributed by atoms with van der Waals surface area (Å²) in [6.07, 6.45) is 2.45. The fraction of sp³-hybridized carbons (Fsp3) is 0.167. The quantitative estimate of drug-likeness (QED) is 0.815. The van der Waals surface area contributed by atoms with Crippen LogP contribution in [0.3, 0.4) is 0 Å². The smallest absolute Gasteiger partial charge is 0.256 e. The Morgan fingerprint density at radius 1 is 1.56 bits per heavy atom. The van der Waals surface area contributed by atoms with Crippen LogP contribution in [0.1, 0.15) is 22.8 Å². The van der Waals surface area contributed by atoms with E-state index in [1.54, 1.807) is 18.3 Å². The highest BCUT2D eigenvalue weighted by molar-refractivity contribution is 9.10. The van der Waals surface area contributed by atoms with Crippen molar-refractivity contribution >= 4 is 27.7 Å². The molecule has 6 heteroatoms. The average Bonchev–Trinajstić information content (AvgIpc) is 2.79. The Kier molecular flexibility index (Phi) is 3.66. The lowest BCUT2D eigenvalue weighted by molar-refractivity contribution is 0.102. The first-order chi connectivity index (χ1) is 8.61. The summed E-state index contributed by atoms with van der Waals surface area (Å²) in [7, 11) is 0. The Morgan fingerprint density at radius 3 is 3.00 bits per heavy atom. The van der Waals surface area contributed by atoms with Gasteiger partial charge in [0.15, 0.2) is 0 Å². The molecular weight excluding hydrogens is 298 g/mol. The van der Waals surface area contributed by atoms with Crippen molar-refractivity contribution in [2.45, 2.75) is 13.3 Å². The number of aromatic hydroxyl groups is 1. The Bertz CT molecular complexity index is 580. The first-order valence-electron chi connectivity index (χ1n) is 5.44. The van der Waals surface area contributed by atoms with Gasteiger partial charge in [0, 0.05) is 11.1 Å². The number of nitrogens with zero attached hydrogens (tertiary/aromatic N) is 1. The van der Waals surface area contributed by atoms with Crippen molar-refractivity contribution < 1.29 is 9.90 Å². The van der Waals surface area contributed by atoms with Crippen molar-refractivity contribution in [1.29, 1.82) is 0 Å². The molecule has 94 valence electrons. The highest BCUT2D eigenvalue weighted by Crippen LogP contribution is 2.24. The summed E-state index contributed by atoms with van der Waals surface area (Å²) < 4.78 is 0.551. The number of carbonyl (C=O) groups excluding carboxylic acids is 1. The zero-order valence-electron chi connectivity index (χ0n) is 9.70. The Labute approximate surface area is 112 Å². The van der Waals surface area contributed by atoms with Gasteiger partial charge in [0.05, 0.1) is 10.7 Å². The molecule has 1 aromatic heterocycles. The molecule has 3 N–H and O–H groups in total. The van der Waals surface area contributed by atoms with Crippen LogP contribution in [0.5, 0.6) is 5.75 Å². The molecule has 0 unspecified atom stereocenters. The van der Waals surface area contributed by atoms with E-state index in [1.807, 2.05) is 6.92 Å². The highest BCUT2D eigenvalue weighted by Gasteiger charge is 2.11. The summed E-state index contributed by atoms with van der Waals surface area (Å²) >= 11 is 3.16. The van der Waals surface area contributed by atoms with Gasteiger partial charge in [0.25, 0.3) is 5.91 Å². The number of hydrogen-bond acceptors (Lipinski definition) is 3. The van der Waals surface area contributed by atoms with Gasteiger partial charge < -0.3 is 10.4 Å². The number of rotatable bonds is 3. The number of aromatic amines is 1. The van der Waals surface area contributed by atoms with E-state index in [0.29, 0.717) is 15.9 Å². The van der Waals surface area contributed by atoms with Crippen molar-refractivity contribution in [3.8, 4) is 5.75 Å². The molecule has 1 amide bonds. The summed E-state index contributed by atoms with van der Waals surface area (Å²) in [5.41, 5.74) is 1.32. The third kappa shape index (κ3) is 2.53. The minimum Gasteiger partial charge on any atom is -0.507 e. The highest BCUT2D eigenvalue weighted by atomic mass is 79.9. The Morgan fingerprint density at radius 2 is 2.33 bits per heavy atom. The normalized spacial score (nSPS) is 10.3. The van der Waals surface area contributed by atoms with Crippen LogP contribution in [-0.2, 0) is 6.42 Å². The Hall–Kier alpha value is -1.82. The van der Waals surface area contributed by atoms with Gasteiger partial charge in [-0.2, -0.15) is 5.10 Å². The number of hydrogen-bond donors (Lipinski definition) is 3. The molecule has 0 aliphatic rings. The van der Waals surface area contributed by atoms with E-state index in [9.17, 15) is 9.90 Å². The molecule has 2 aromatic rings. The van der Waals surface area contributed by atoms with E-state index in [2.05, 4.69) is 31.4 Å². The summed E-state index contributed by atoms with van der Waals surface area (Å²) in [6.45, 7) is 1.98. The van der Waals surface area contributed by atoms with Gasteiger partial charge in [-0.3, -0.25) is 9.89 Å². The van der Waals surface area contributed by atoms with Gasteiger partial charge in [-0.15, -0.1) is 0 Å². The van der Waals surface area contributed by atoms with Crippen LogP contribution in [0.4, 0.5) is 5.82 Å². The van der Waals surface area contributed by atoms with E-state index in [-0.39, 0.29) is 11.7 Å². The number of carbonyl (C=O) groups is 1. The maximum absolute atomic E-state index is 12.0. The maximum Gasteiger partial charge on any atom is 0.256 e. The van der Waals surface area contributed by atoms with Crippen LogP contribution in [-0.4, -0.2) is 21.2 Å². The third-order valence-electron chi connectivity index (χ3n) is 2.55. The molecule has 0 aliphatic carbocycles. The van der Waals surface area contributed by atoms with Gasteiger partial charge in [0.1, 0.15) is 11.6 Å². The molecule has 0 radical (unpaired) electrons. The molecule has 18 heavy (non-hydrogen) atoms. The molecule has 0 saturated carbocycles. The topological polar surface area (TPSA) is 78.0 Å². The van der Waals surface area contributed by atoms with Gasteiger partial charge >= 0.3 is 0 Å². The zero-order chi connectivity index (χ0) is 13.1. The summed E-state index contributed by atoms with van der Waals surface area (Å²) in [5.74, 6) is 0.324. The number of phenols is 1. The maximum atomic E-state index is 12.0. The third-order valence-corrected chi connectivity index (χ3v) is 3.22. The van der Waals surface area contributed by atoms with Crippen molar-refractivity contribution in [3.05, 3.63) is 40.0 Å². The molecule has 2 rings (SSSR count). The Balaban J connectivity index is 2.19. The number of phenolic OH excluding ortho intramolecular Hbond substituents is 1. The predicted octanol–water partition coefficient (Wildman–Crippen LogP) is 2.69. The predicted molar refractivity (Wildman–Crippen MR) is 71.7 cm³/mol. The number of amides is 1. The van der Waals surface area contributed by atoms with Crippen LogP contribution < -0.4 is 5.32 Å². The van der Waals surface area contributed by atoms with Crippen LogP contribution in [0.25, 0.3) is 0 Å². The van der Waals surface area contributed by atoms with Gasteiger partial charge in [0.2, 0.25) is 0 Å².